The lowest BCUT2D eigenvalue weighted by Crippen LogP contribution is -2.28. The Balaban J connectivity index is 1.92. The minimum Gasteiger partial charge on any atom is -0.465 e. The van der Waals surface area contributed by atoms with Gasteiger partial charge < -0.3 is 14.7 Å². The maximum absolute atomic E-state index is 13.3. The summed E-state index contributed by atoms with van der Waals surface area (Å²) in [5.41, 5.74) is -2.75. The summed E-state index contributed by atoms with van der Waals surface area (Å²) in [4.78, 5) is 12.4. The minimum atomic E-state index is -5.00. The molecule has 0 aromatic heterocycles. The fourth-order valence-corrected chi connectivity index (χ4v) is 3.65. The number of carbonyl (C=O) groups is 1. The summed E-state index contributed by atoms with van der Waals surface area (Å²) in [7, 11) is 0. The molecule has 0 radical (unpaired) electrons. The van der Waals surface area contributed by atoms with E-state index >= 15 is 0 Å². The Morgan fingerprint density at radius 2 is 1.53 bits per heavy atom. The molecule has 0 saturated carbocycles. The van der Waals surface area contributed by atoms with Crippen LogP contribution in [-0.4, -0.2) is 35.3 Å². The van der Waals surface area contributed by atoms with Crippen molar-refractivity contribution in [2.24, 2.45) is 0 Å². The van der Waals surface area contributed by atoms with Crippen LogP contribution in [0.2, 0.25) is 0 Å². The quantitative estimate of drug-likeness (QED) is 0.557. The lowest BCUT2D eigenvalue weighted by molar-refractivity contribution is -0.143. The van der Waals surface area contributed by atoms with Gasteiger partial charge >= 0.3 is 18.4 Å². The highest BCUT2D eigenvalue weighted by Gasteiger charge is 2.40. The third-order valence-electron chi connectivity index (χ3n) is 5.29. The zero-order valence-electron chi connectivity index (χ0n) is 16.5. The van der Waals surface area contributed by atoms with Crippen molar-refractivity contribution in [2.75, 3.05) is 13.1 Å². The van der Waals surface area contributed by atoms with E-state index in [4.69, 9.17) is 4.74 Å². The van der Waals surface area contributed by atoms with Gasteiger partial charge in [-0.1, -0.05) is 12.1 Å². The largest absolute Gasteiger partial charge is 0.465 e. The lowest BCUT2D eigenvalue weighted by atomic mass is 9.95. The predicted octanol–water partition coefficient (Wildman–Crippen LogP) is 6.09. The molecule has 1 aliphatic heterocycles. The maximum Gasteiger partial charge on any atom is 0.416 e. The van der Waals surface area contributed by atoms with Crippen LogP contribution in [0.25, 0.3) is 0 Å². The summed E-state index contributed by atoms with van der Waals surface area (Å²) in [5, 5.41) is 9.30. The topological polar surface area (TPSA) is 49.8 Å². The van der Waals surface area contributed by atoms with Gasteiger partial charge in [0.05, 0.1) is 29.9 Å². The number of nitrogens with zero attached hydrogens (tertiary/aromatic N) is 1. The van der Waals surface area contributed by atoms with E-state index in [1.165, 1.54) is 31.2 Å². The first kappa shape index (κ1) is 23.8. The van der Waals surface area contributed by atoms with Gasteiger partial charge in [-0.15, -0.1) is 0 Å². The predicted molar refractivity (Wildman–Crippen MR) is 98.5 cm³/mol. The fourth-order valence-electron chi connectivity index (χ4n) is 3.65. The van der Waals surface area contributed by atoms with Crippen molar-refractivity contribution in [3.63, 3.8) is 0 Å². The third-order valence-corrected chi connectivity index (χ3v) is 5.29. The number of hydrogen-bond acceptors (Lipinski definition) is 2. The van der Waals surface area contributed by atoms with Gasteiger partial charge in [0.2, 0.25) is 0 Å². The monoisotopic (exact) mass is 465 g/mol. The van der Waals surface area contributed by atoms with Crippen molar-refractivity contribution < 1.29 is 45.4 Å². The van der Waals surface area contributed by atoms with Gasteiger partial charge in [0.1, 0.15) is 5.82 Å². The normalized spacial score (nSPS) is 20.4. The van der Waals surface area contributed by atoms with Crippen molar-refractivity contribution in [1.82, 2.24) is 4.90 Å². The molecular weight excluding hydrogens is 447 g/mol. The third kappa shape index (κ3) is 5.32. The van der Waals surface area contributed by atoms with Gasteiger partial charge in [0.25, 0.3) is 0 Å². The number of halogens is 7. The number of likely N-dealkylation sites (tertiary alicyclic amines) is 1. The number of rotatable bonds is 4. The molecule has 3 rings (SSSR count). The summed E-state index contributed by atoms with van der Waals surface area (Å²) in [5.74, 6) is -1.10. The fraction of sp³-hybridized carbons (Fsp3) is 0.381. The van der Waals surface area contributed by atoms with E-state index in [0.29, 0.717) is 17.7 Å². The number of alkyl halides is 6. The van der Waals surface area contributed by atoms with Crippen LogP contribution in [0.4, 0.5) is 35.5 Å². The van der Waals surface area contributed by atoms with E-state index in [1.54, 1.807) is 0 Å². The van der Waals surface area contributed by atoms with Crippen molar-refractivity contribution in [3.05, 3.63) is 70.5 Å². The van der Waals surface area contributed by atoms with Crippen LogP contribution in [0.3, 0.4) is 0 Å². The lowest BCUT2D eigenvalue weighted by Gasteiger charge is -2.25. The first-order valence-electron chi connectivity index (χ1n) is 9.44. The molecule has 1 fully saturated rings. The van der Waals surface area contributed by atoms with Crippen molar-refractivity contribution in [2.45, 2.75) is 37.4 Å². The van der Waals surface area contributed by atoms with Crippen LogP contribution in [0.15, 0.2) is 42.5 Å². The number of carboxylic acid groups (broad SMARTS) is 1. The molecule has 32 heavy (non-hydrogen) atoms. The molecule has 1 amide bonds. The zero-order chi connectivity index (χ0) is 23.8. The zero-order valence-corrected chi connectivity index (χ0v) is 16.5. The molecule has 1 aliphatic rings. The Kier molecular flexibility index (Phi) is 6.41. The van der Waals surface area contributed by atoms with Crippen LogP contribution in [0, 0.1) is 5.82 Å². The van der Waals surface area contributed by atoms with E-state index in [2.05, 4.69) is 0 Å². The van der Waals surface area contributed by atoms with Crippen molar-refractivity contribution in [1.29, 1.82) is 0 Å². The minimum absolute atomic E-state index is 0.0191. The summed E-state index contributed by atoms with van der Waals surface area (Å²) >= 11 is 0. The summed E-state index contributed by atoms with van der Waals surface area (Å²) in [6, 6.07) is 6.38. The molecule has 0 unspecified atom stereocenters. The first-order chi connectivity index (χ1) is 14.8. The summed E-state index contributed by atoms with van der Waals surface area (Å²) in [6.07, 6.45) is -13.3. The Bertz CT molecular complexity index is 941. The van der Waals surface area contributed by atoms with E-state index in [0.717, 1.165) is 4.90 Å². The molecule has 0 aliphatic carbocycles. The highest BCUT2D eigenvalue weighted by atomic mass is 19.4. The van der Waals surface area contributed by atoms with Gasteiger partial charge in [-0.05, 0) is 48.4 Å². The van der Waals surface area contributed by atoms with Gasteiger partial charge in [0.15, 0.2) is 0 Å². The second kappa shape index (κ2) is 8.61. The second-order valence-electron chi connectivity index (χ2n) is 7.50. The van der Waals surface area contributed by atoms with Gasteiger partial charge in [0, 0.05) is 12.5 Å². The Morgan fingerprint density at radius 1 is 1.00 bits per heavy atom. The molecule has 174 valence electrons. The SMILES string of the molecule is C[C@@H](O[C@H]1CN(C(=O)O)C[C@H]1c1ccc(F)cc1)c1cc(C(F)(F)F)cc(C(F)(F)F)c1. The molecule has 0 spiro atoms. The number of ether oxygens (including phenoxy) is 1. The van der Waals surface area contributed by atoms with Crippen molar-refractivity contribution >= 4 is 6.09 Å². The Labute approximate surface area is 178 Å². The van der Waals surface area contributed by atoms with Gasteiger partial charge in [-0.2, -0.15) is 26.3 Å². The second-order valence-corrected chi connectivity index (χ2v) is 7.50. The van der Waals surface area contributed by atoms with Crippen LogP contribution >= 0.6 is 0 Å². The van der Waals surface area contributed by atoms with Crippen LogP contribution < -0.4 is 0 Å². The number of hydrogen-bond donors (Lipinski definition) is 1. The van der Waals surface area contributed by atoms with Crippen LogP contribution in [-0.2, 0) is 17.1 Å². The molecule has 2 aromatic rings. The molecule has 0 bridgehead atoms. The Hall–Kier alpha value is -2.82. The Morgan fingerprint density at radius 3 is 2.00 bits per heavy atom. The number of amides is 1. The van der Waals surface area contributed by atoms with Crippen LogP contribution in [0.1, 0.15) is 41.2 Å². The van der Waals surface area contributed by atoms with E-state index in [-0.39, 0.29) is 24.7 Å². The average Bonchev–Trinajstić information content (AvgIpc) is 3.11. The highest BCUT2D eigenvalue weighted by Crippen LogP contribution is 2.39. The smallest absolute Gasteiger partial charge is 0.416 e. The van der Waals surface area contributed by atoms with E-state index < -0.39 is 53.5 Å². The maximum atomic E-state index is 13.3. The van der Waals surface area contributed by atoms with E-state index in [1.807, 2.05) is 0 Å². The highest BCUT2D eigenvalue weighted by molar-refractivity contribution is 5.65. The molecule has 11 heteroatoms. The molecular formula is C21H18F7NO3. The number of benzene rings is 2. The first-order valence-corrected chi connectivity index (χ1v) is 9.44. The molecule has 2 aromatic carbocycles. The molecule has 3 atom stereocenters. The standard InChI is InChI=1S/C21H18F7NO3/c1-11(13-6-14(20(23,24)25)8-15(7-13)21(26,27)28)32-18-10-29(19(30)31)9-17(18)12-2-4-16(22)5-3-12/h2-8,11,17-18H,9-10H2,1H3,(H,30,31)/t11-,17+,18+/m1/s1. The van der Waals surface area contributed by atoms with Crippen molar-refractivity contribution in [3.8, 4) is 0 Å². The molecule has 4 nitrogen and oxygen atoms in total. The molecule has 1 heterocycles. The van der Waals surface area contributed by atoms with Gasteiger partial charge in [-0.25, -0.2) is 9.18 Å². The average molecular weight is 465 g/mol. The molecule has 1 N–H and O–H groups in total. The summed E-state index contributed by atoms with van der Waals surface area (Å²) in [6.45, 7) is 1.13. The summed E-state index contributed by atoms with van der Waals surface area (Å²) < 4.78 is 97.9. The van der Waals surface area contributed by atoms with Gasteiger partial charge in [-0.3, -0.25) is 0 Å². The van der Waals surface area contributed by atoms with E-state index in [9.17, 15) is 40.6 Å². The van der Waals surface area contributed by atoms with Crippen LogP contribution in [0.5, 0.6) is 0 Å². The molecule has 1 saturated heterocycles.